The molecule has 0 aromatic heterocycles. The van der Waals surface area contributed by atoms with Crippen molar-refractivity contribution in [1.29, 1.82) is 0 Å². The van der Waals surface area contributed by atoms with Crippen molar-refractivity contribution >= 4 is 0 Å². The van der Waals surface area contributed by atoms with E-state index in [0.717, 1.165) is 0 Å². The van der Waals surface area contributed by atoms with E-state index < -0.39 is 117 Å². The van der Waals surface area contributed by atoms with Gasteiger partial charge in [-0.25, -0.2) is 0 Å². The number of rotatable bonds is 7. The van der Waals surface area contributed by atoms with Crippen molar-refractivity contribution in [3.05, 3.63) is 0 Å². The van der Waals surface area contributed by atoms with E-state index in [1.54, 1.807) is 20.8 Å². The molecule has 1 unspecified atom stereocenters. The smallest absolute Gasteiger partial charge is 0.187 e. The molecule has 10 N–H and O–H groups in total. The molecule has 15 atom stereocenters. The van der Waals surface area contributed by atoms with Crippen molar-refractivity contribution in [2.75, 3.05) is 19.8 Å². The highest BCUT2D eigenvalue weighted by Crippen LogP contribution is 2.39. The summed E-state index contributed by atoms with van der Waals surface area (Å²) in [6, 6.07) is 0. The van der Waals surface area contributed by atoms with E-state index in [9.17, 15) is 51.1 Å². The van der Waals surface area contributed by atoms with Gasteiger partial charge in [-0.05, 0) is 5.41 Å². The quantitative estimate of drug-likeness (QED) is 0.144. The van der Waals surface area contributed by atoms with Crippen LogP contribution in [0.3, 0.4) is 0 Å². The molecule has 3 heterocycles. The molecule has 0 bridgehead atoms. The predicted octanol–water partition coefficient (Wildman–Crippen LogP) is -5.48. The summed E-state index contributed by atoms with van der Waals surface area (Å²) in [4.78, 5) is 0. The fraction of sp³-hybridized carbons (Fsp3) is 1.00. The summed E-state index contributed by atoms with van der Waals surface area (Å²) in [5, 5.41) is 101. The lowest BCUT2D eigenvalue weighted by atomic mass is 9.80. The fourth-order valence-electron chi connectivity index (χ4n) is 4.75. The molecule has 3 rings (SSSR count). The summed E-state index contributed by atoms with van der Waals surface area (Å²) in [6.07, 6.45) is -23.0. The first-order valence-corrected chi connectivity index (χ1v) is 12.1. The number of aliphatic hydroxyl groups is 10. The summed E-state index contributed by atoms with van der Waals surface area (Å²) in [5.74, 6) is 0. The maximum atomic E-state index is 11.0. The Labute approximate surface area is 213 Å². The zero-order valence-corrected chi connectivity index (χ0v) is 20.8. The van der Waals surface area contributed by atoms with Crippen LogP contribution >= 0.6 is 0 Å². The molecule has 0 aliphatic carbocycles. The van der Waals surface area contributed by atoms with E-state index in [0.29, 0.717) is 0 Å². The third kappa shape index (κ3) is 6.26. The number of hydrogen-bond acceptors (Lipinski definition) is 15. The Morgan fingerprint density at radius 1 is 0.514 bits per heavy atom. The van der Waals surface area contributed by atoms with E-state index in [4.69, 9.17) is 23.7 Å². The second-order valence-electron chi connectivity index (χ2n) is 10.7. The summed E-state index contributed by atoms with van der Waals surface area (Å²) >= 11 is 0. The molecule has 3 aliphatic heterocycles. The highest BCUT2D eigenvalue weighted by Gasteiger charge is 2.55. The molecule has 3 fully saturated rings. The predicted molar refractivity (Wildman–Crippen MR) is 118 cm³/mol. The van der Waals surface area contributed by atoms with Gasteiger partial charge in [0.05, 0.1) is 25.9 Å². The lowest BCUT2D eigenvalue weighted by molar-refractivity contribution is -0.376. The molecule has 0 radical (unpaired) electrons. The second kappa shape index (κ2) is 12.3. The summed E-state index contributed by atoms with van der Waals surface area (Å²) in [7, 11) is 0. The Morgan fingerprint density at radius 3 is 1.27 bits per heavy atom. The Morgan fingerprint density at radius 2 is 0.892 bits per heavy atom. The molecule has 15 nitrogen and oxygen atoms in total. The Hall–Kier alpha value is -0.600. The van der Waals surface area contributed by atoms with Crippen LogP contribution in [-0.2, 0) is 23.7 Å². The van der Waals surface area contributed by atoms with Crippen LogP contribution in [0.5, 0.6) is 0 Å². The maximum absolute atomic E-state index is 11.0. The van der Waals surface area contributed by atoms with Crippen LogP contribution in [0.25, 0.3) is 0 Å². The SMILES string of the molecule is CC(C)(C)C1O[C@H](CO)[C@@H](O)[C@H](O[C@@H]2O[C@H](CO)[C@@H](O)[C@H](O)[C@H]2O)[C@H]1O[C@@H]1O[C@H](CO)[C@@H](O)[C@H](O)[C@H]1O. The van der Waals surface area contributed by atoms with Crippen molar-refractivity contribution in [2.24, 2.45) is 5.41 Å². The molecule has 0 amide bonds. The molecule has 15 heteroatoms. The maximum Gasteiger partial charge on any atom is 0.187 e. The van der Waals surface area contributed by atoms with Crippen LogP contribution in [0.4, 0.5) is 0 Å². The normalized spacial score (nSPS) is 49.7. The molecule has 0 saturated carbocycles. The van der Waals surface area contributed by atoms with Gasteiger partial charge in [0.1, 0.15) is 73.2 Å². The molecular formula is C22H40O15. The average Bonchev–Trinajstić information content (AvgIpc) is 2.85. The standard InChI is InChI=1S/C22H40O15/c1-22(2,3)19-18(37-21-16(32)14(30)11(27)8(5-24)35-21)17(12(28)9(6-25)33-19)36-20-15(31)13(29)10(26)7(4-23)34-20/h7-21,23-32H,4-6H2,1-3H3/t7-,8-,9-,10-,11-,12-,13+,14+,15-,16-,17+,18-,19?,20+,21+/m1/s1. The van der Waals surface area contributed by atoms with Gasteiger partial charge in [-0.1, -0.05) is 20.8 Å². The first kappa shape index (κ1) is 30.9. The van der Waals surface area contributed by atoms with Crippen molar-refractivity contribution in [3.63, 3.8) is 0 Å². The van der Waals surface area contributed by atoms with Crippen LogP contribution in [-0.4, -0.2) is 163 Å². The van der Waals surface area contributed by atoms with Gasteiger partial charge in [0.25, 0.3) is 0 Å². The monoisotopic (exact) mass is 544 g/mol. The highest BCUT2D eigenvalue weighted by molar-refractivity contribution is 5.01. The van der Waals surface area contributed by atoms with Gasteiger partial charge in [-0.15, -0.1) is 0 Å². The van der Waals surface area contributed by atoms with Gasteiger partial charge in [0, 0.05) is 0 Å². The topological polar surface area (TPSA) is 248 Å². The van der Waals surface area contributed by atoms with Gasteiger partial charge in [-0.2, -0.15) is 0 Å². The van der Waals surface area contributed by atoms with Gasteiger partial charge >= 0.3 is 0 Å². The van der Waals surface area contributed by atoms with Gasteiger partial charge < -0.3 is 74.7 Å². The molecule has 3 saturated heterocycles. The number of hydrogen-bond donors (Lipinski definition) is 10. The molecule has 218 valence electrons. The first-order chi connectivity index (χ1) is 17.3. The summed E-state index contributed by atoms with van der Waals surface area (Å²) in [6.45, 7) is 3.16. The zero-order chi connectivity index (χ0) is 27.8. The van der Waals surface area contributed by atoms with E-state index in [2.05, 4.69) is 0 Å². The minimum Gasteiger partial charge on any atom is -0.394 e. The van der Waals surface area contributed by atoms with Gasteiger partial charge in [-0.3, -0.25) is 0 Å². The molecule has 3 aliphatic rings. The third-order valence-corrected chi connectivity index (χ3v) is 6.97. The van der Waals surface area contributed by atoms with Crippen molar-refractivity contribution in [1.82, 2.24) is 0 Å². The van der Waals surface area contributed by atoms with Crippen molar-refractivity contribution in [2.45, 2.75) is 113 Å². The van der Waals surface area contributed by atoms with E-state index in [1.165, 1.54) is 0 Å². The van der Waals surface area contributed by atoms with Crippen LogP contribution < -0.4 is 0 Å². The molecular weight excluding hydrogens is 504 g/mol. The molecule has 0 aromatic carbocycles. The van der Waals surface area contributed by atoms with E-state index in [1.807, 2.05) is 0 Å². The Kier molecular flexibility index (Phi) is 10.3. The summed E-state index contributed by atoms with van der Waals surface area (Å²) in [5.41, 5.74) is -0.761. The highest BCUT2D eigenvalue weighted by atomic mass is 16.7. The van der Waals surface area contributed by atoms with Gasteiger partial charge in [0.15, 0.2) is 12.6 Å². The minimum atomic E-state index is -1.82. The van der Waals surface area contributed by atoms with Crippen LogP contribution in [0.15, 0.2) is 0 Å². The zero-order valence-electron chi connectivity index (χ0n) is 20.8. The van der Waals surface area contributed by atoms with Crippen LogP contribution in [0.2, 0.25) is 0 Å². The van der Waals surface area contributed by atoms with Crippen LogP contribution in [0.1, 0.15) is 20.8 Å². The Balaban J connectivity index is 1.95. The first-order valence-electron chi connectivity index (χ1n) is 12.1. The molecule has 37 heavy (non-hydrogen) atoms. The van der Waals surface area contributed by atoms with Gasteiger partial charge in [0.2, 0.25) is 0 Å². The average molecular weight is 545 g/mol. The molecule has 0 aromatic rings. The van der Waals surface area contributed by atoms with E-state index in [-0.39, 0.29) is 0 Å². The molecule has 0 spiro atoms. The number of ether oxygens (including phenoxy) is 5. The third-order valence-electron chi connectivity index (χ3n) is 6.97. The van der Waals surface area contributed by atoms with Crippen molar-refractivity contribution < 1.29 is 74.7 Å². The fourth-order valence-corrected chi connectivity index (χ4v) is 4.75. The largest absolute Gasteiger partial charge is 0.394 e. The number of aliphatic hydroxyl groups excluding tert-OH is 10. The van der Waals surface area contributed by atoms with Crippen molar-refractivity contribution in [3.8, 4) is 0 Å². The minimum absolute atomic E-state index is 0.644. The second-order valence-corrected chi connectivity index (χ2v) is 10.7. The summed E-state index contributed by atoms with van der Waals surface area (Å²) < 4.78 is 28.5. The lowest BCUT2D eigenvalue weighted by Crippen LogP contribution is -2.68. The van der Waals surface area contributed by atoms with Crippen LogP contribution in [0, 0.1) is 5.41 Å². The van der Waals surface area contributed by atoms with E-state index >= 15 is 0 Å². The Bertz CT molecular complexity index is 717. The lowest BCUT2D eigenvalue weighted by Gasteiger charge is -2.52.